The van der Waals surface area contributed by atoms with E-state index in [1.54, 1.807) is 15.8 Å². The number of amides is 1. The van der Waals surface area contributed by atoms with Crippen molar-refractivity contribution in [2.75, 3.05) is 37.7 Å². The Labute approximate surface area is 201 Å². The summed E-state index contributed by atoms with van der Waals surface area (Å²) in [5, 5.41) is 7.48. The molecule has 0 spiro atoms. The fraction of sp³-hybridized carbons (Fsp3) is 0.500. The van der Waals surface area contributed by atoms with Crippen LogP contribution in [-0.4, -0.2) is 59.3 Å². The lowest BCUT2D eigenvalue weighted by molar-refractivity contribution is -0.120. The fourth-order valence-corrected chi connectivity index (χ4v) is 3.26. The summed E-state index contributed by atoms with van der Waals surface area (Å²) >= 11 is 0. The number of halogens is 1. The lowest BCUT2D eigenvalue weighted by Gasteiger charge is -2.35. The van der Waals surface area contributed by atoms with Gasteiger partial charge in [-0.15, -0.1) is 24.0 Å². The minimum absolute atomic E-state index is 0. The van der Waals surface area contributed by atoms with Crippen LogP contribution < -0.4 is 15.0 Å². The van der Waals surface area contributed by atoms with Gasteiger partial charge < -0.3 is 19.9 Å². The summed E-state index contributed by atoms with van der Waals surface area (Å²) in [5.74, 6) is 2.14. The lowest BCUT2D eigenvalue weighted by Crippen LogP contribution is -2.55. The number of carbonyl (C=O) groups excluding carboxylic acids is 1. The van der Waals surface area contributed by atoms with Crippen LogP contribution in [0.15, 0.2) is 41.7 Å². The van der Waals surface area contributed by atoms with Gasteiger partial charge in [0.15, 0.2) is 5.96 Å². The molecule has 3 rings (SSSR count). The first-order valence-electron chi connectivity index (χ1n) is 10.5. The van der Waals surface area contributed by atoms with Crippen molar-refractivity contribution < 1.29 is 9.53 Å². The molecule has 1 aliphatic rings. The summed E-state index contributed by atoms with van der Waals surface area (Å²) in [5.41, 5.74) is 1.91. The first-order chi connectivity index (χ1) is 14.5. The molecule has 0 unspecified atom stereocenters. The molecule has 1 fully saturated rings. The molecule has 2 aromatic rings. The van der Waals surface area contributed by atoms with Crippen molar-refractivity contribution in [2.45, 2.75) is 27.3 Å². The van der Waals surface area contributed by atoms with Crippen LogP contribution in [0.25, 0.3) is 0 Å². The molecule has 0 aliphatic carbocycles. The Hall–Kier alpha value is -2.30. The van der Waals surface area contributed by atoms with E-state index in [4.69, 9.17) is 9.73 Å². The maximum Gasteiger partial charge on any atom is 0.246 e. The lowest BCUT2D eigenvalue weighted by atomic mass is 10.2. The molecule has 2 heterocycles. The maximum atomic E-state index is 12.7. The van der Waals surface area contributed by atoms with Crippen molar-refractivity contribution >= 4 is 41.5 Å². The van der Waals surface area contributed by atoms with Crippen molar-refractivity contribution in [1.82, 2.24) is 20.0 Å². The van der Waals surface area contributed by atoms with Gasteiger partial charge in [-0.3, -0.25) is 9.48 Å². The Morgan fingerprint density at radius 3 is 2.77 bits per heavy atom. The number of aliphatic imine (C=N–C) groups is 1. The number of aromatic nitrogens is 2. The van der Waals surface area contributed by atoms with Crippen LogP contribution in [0.1, 0.15) is 26.3 Å². The molecule has 31 heavy (non-hydrogen) atoms. The molecule has 1 aromatic carbocycles. The van der Waals surface area contributed by atoms with Gasteiger partial charge in [0.1, 0.15) is 12.3 Å². The predicted molar refractivity (Wildman–Crippen MR) is 134 cm³/mol. The summed E-state index contributed by atoms with van der Waals surface area (Å²) < 4.78 is 7.52. The van der Waals surface area contributed by atoms with E-state index in [1.165, 1.54) is 0 Å². The van der Waals surface area contributed by atoms with E-state index in [-0.39, 0.29) is 36.4 Å². The Bertz CT molecular complexity index is 882. The zero-order valence-electron chi connectivity index (χ0n) is 18.7. The van der Waals surface area contributed by atoms with Crippen LogP contribution in [-0.2, 0) is 18.4 Å². The number of hydrogen-bond acceptors (Lipinski definition) is 4. The number of nitrogens with one attached hydrogen (secondary N) is 1. The third-order valence-electron chi connectivity index (χ3n) is 4.75. The average Bonchev–Trinajstić information content (AvgIpc) is 3.15. The summed E-state index contributed by atoms with van der Waals surface area (Å²) in [6, 6.07) is 8.03. The normalized spacial score (nSPS) is 14.6. The molecule has 1 saturated heterocycles. The second-order valence-electron chi connectivity index (χ2n) is 7.86. The van der Waals surface area contributed by atoms with Gasteiger partial charge in [0.05, 0.1) is 25.0 Å². The number of aryl methyl sites for hydroxylation is 1. The number of carbonyl (C=O) groups is 1. The summed E-state index contributed by atoms with van der Waals surface area (Å²) in [6.07, 6.45) is 3.59. The van der Waals surface area contributed by atoms with Gasteiger partial charge in [0.25, 0.3) is 0 Å². The van der Waals surface area contributed by atoms with Gasteiger partial charge in [0.2, 0.25) is 5.91 Å². The highest BCUT2D eigenvalue weighted by Gasteiger charge is 2.27. The molecule has 1 aromatic heterocycles. The monoisotopic (exact) mass is 540 g/mol. The number of benzene rings is 1. The van der Waals surface area contributed by atoms with Crippen LogP contribution in [0, 0.1) is 5.92 Å². The van der Waals surface area contributed by atoms with E-state index in [9.17, 15) is 4.79 Å². The standard InChI is InChI=1S/C22H32N6O2.HI/c1-5-23-22(24-12-18-7-6-8-20(11-18)30-16-17(2)3)27-9-10-28(21(29)15-27)19-13-25-26(4)14-19;/h6-8,11,13-14,17H,5,9-10,12,15-16H2,1-4H3,(H,23,24);1H. The Morgan fingerprint density at radius 2 is 2.13 bits per heavy atom. The third-order valence-corrected chi connectivity index (χ3v) is 4.75. The van der Waals surface area contributed by atoms with Crippen molar-refractivity contribution in [2.24, 2.45) is 18.0 Å². The first kappa shape index (κ1) is 25.0. The maximum absolute atomic E-state index is 12.7. The number of piperazine rings is 1. The number of rotatable bonds is 7. The number of guanidine groups is 1. The van der Waals surface area contributed by atoms with Crippen LogP contribution in [0.3, 0.4) is 0 Å². The van der Waals surface area contributed by atoms with E-state index in [2.05, 4.69) is 24.3 Å². The Kier molecular flexibility index (Phi) is 9.60. The van der Waals surface area contributed by atoms with E-state index in [0.717, 1.165) is 29.5 Å². The van der Waals surface area contributed by atoms with Gasteiger partial charge in [-0.2, -0.15) is 5.10 Å². The average molecular weight is 540 g/mol. The molecule has 1 N–H and O–H groups in total. The number of anilines is 1. The number of hydrogen-bond donors (Lipinski definition) is 1. The largest absolute Gasteiger partial charge is 0.493 e. The minimum Gasteiger partial charge on any atom is -0.493 e. The van der Waals surface area contributed by atoms with Crippen LogP contribution in [0.5, 0.6) is 5.75 Å². The summed E-state index contributed by atoms with van der Waals surface area (Å²) in [7, 11) is 1.85. The van der Waals surface area contributed by atoms with Gasteiger partial charge in [-0.25, -0.2) is 4.99 Å². The van der Waals surface area contributed by atoms with Crippen molar-refractivity contribution in [3.63, 3.8) is 0 Å². The highest BCUT2D eigenvalue weighted by Crippen LogP contribution is 2.17. The molecule has 8 nitrogen and oxygen atoms in total. The second-order valence-corrected chi connectivity index (χ2v) is 7.86. The molecule has 1 amide bonds. The Morgan fingerprint density at radius 1 is 1.32 bits per heavy atom. The second kappa shape index (κ2) is 11.9. The van der Waals surface area contributed by atoms with Crippen molar-refractivity contribution in [1.29, 1.82) is 0 Å². The SMILES string of the molecule is CCNC(=NCc1cccc(OCC(C)C)c1)N1CCN(c2cnn(C)c2)C(=O)C1.I. The molecule has 0 bridgehead atoms. The molecule has 0 radical (unpaired) electrons. The van der Waals surface area contributed by atoms with Gasteiger partial charge in [0, 0.05) is 32.9 Å². The summed E-state index contributed by atoms with van der Waals surface area (Å²) in [6.45, 7) is 9.86. The number of nitrogens with zero attached hydrogens (tertiary/aromatic N) is 5. The van der Waals surface area contributed by atoms with Crippen molar-refractivity contribution in [3.05, 3.63) is 42.2 Å². The molecular formula is C22H33IN6O2. The molecular weight excluding hydrogens is 507 g/mol. The molecule has 170 valence electrons. The third kappa shape index (κ3) is 7.12. The van der Waals surface area contributed by atoms with Gasteiger partial charge >= 0.3 is 0 Å². The van der Waals surface area contributed by atoms with Crippen LogP contribution in [0.2, 0.25) is 0 Å². The highest BCUT2D eigenvalue weighted by molar-refractivity contribution is 14.0. The van der Waals surface area contributed by atoms with Crippen LogP contribution in [0.4, 0.5) is 5.69 Å². The molecule has 0 atom stereocenters. The zero-order valence-corrected chi connectivity index (χ0v) is 21.1. The first-order valence-corrected chi connectivity index (χ1v) is 10.5. The number of ether oxygens (including phenoxy) is 1. The van der Waals surface area contributed by atoms with Crippen LogP contribution >= 0.6 is 24.0 Å². The highest BCUT2D eigenvalue weighted by atomic mass is 127. The molecule has 1 aliphatic heterocycles. The van der Waals surface area contributed by atoms with E-state index in [0.29, 0.717) is 32.2 Å². The smallest absolute Gasteiger partial charge is 0.246 e. The van der Waals surface area contributed by atoms with E-state index < -0.39 is 0 Å². The topological polar surface area (TPSA) is 75.0 Å². The zero-order chi connectivity index (χ0) is 21.5. The molecule has 0 saturated carbocycles. The summed E-state index contributed by atoms with van der Waals surface area (Å²) in [4.78, 5) is 21.3. The quantitative estimate of drug-likeness (QED) is 0.332. The van der Waals surface area contributed by atoms with Gasteiger partial charge in [-0.1, -0.05) is 26.0 Å². The van der Waals surface area contributed by atoms with E-state index in [1.807, 2.05) is 49.3 Å². The minimum atomic E-state index is 0. The molecule has 9 heteroatoms. The Balaban J connectivity index is 0.00000341. The predicted octanol–water partition coefficient (Wildman–Crippen LogP) is 2.89. The van der Waals surface area contributed by atoms with E-state index >= 15 is 0 Å². The van der Waals surface area contributed by atoms with Crippen molar-refractivity contribution in [3.8, 4) is 5.75 Å². The van der Waals surface area contributed by atoms with Gasteiger partial charge in [-0.05, 0) is 30.5 Å². The fourth-order valence-electron chi connectivity index (χ4n) is 3.26.